The van der Waals surface area contributed by atoms with Gasteiger partial charge in [0.1, 0.15) is 11.4 Å². The first-order valence-corrected chi connectivity index (χ1v) is 11.9. The molecule has 1 heterocycles. The lowest BCUT2D eigenvalue weighted by Gasteiger charge is -2.19. The van der Waals surface area contributed by atoms with Gasteiger partial charge in [0.15, 0.2) is 0 Å². The maximum atomic E-state index is 13.2. The number of benzene rings is 3. The number of esters is 1. The zero-order valence-electron chi connectivity index (χ0n) is 21.3. The van der Waals surface area contributed by atoms with Gasteiger partial charge in [-0.25, -0.2) is 9.78 Å². The molecule has 0 spiro atoms. The first-order valence-electron chi connectivity index (χ1n) is 11.9. The molecule has 0 aliphatic rings. The smallest absolute Gasteiger partial charge is 0.338 e. The van der Waals surface area contributed by atoms with Gasteiger partial charge in [-0.05, 0) is 74.4 Å². The molecule has 0 saturated heterocycles. The second kappa shape index (κ2) is 10.7. The van der Waals surface area contributed by atoms with Crippen molar-refractivity contribution in [3.8, 4) is 5.75 Å². The van der Waals surface area contributed by atoms with E-state index in [9.17, 15) is 14.4 Å². The molecule has 1 amide bonds. The first kappa shape index (κ1) is 25.6. The molecule has 0 aliphatic carbocycles. The van der Waals surface area contributed by atoms with Crippen LogP contribution in [0.5, 0.6) is 5.75 Å². The zero-order valence-corrected chi connectivity index (χ0v) is 21.3. The predicted octanol–water partition coefficient (Wildman–Crippen LogP) is 4.59. The summed E-state index contributed by atoms with van der Waals surface area (Å²) in [6.07, 6.45) is 1.67. The predicted molar refractivity (Wildman–Crippen MR) is 142 cm³/mol. The molecule has 0 atom stereocenters. The normalized spacial score (nSPS) is 11.2. The summed E-state index contributed by atoms with van der Waals surface area (Å²) in [5.74, 6) is 0.0774. The van der Waals surface area contributed by atoms with E-state index in [4.69, 9.17) is 9.47 Å². The SMILES string of the molecule is COc1cccc(CC(=O)Nc2ccc3ncn(Cc4ccc(C(=O)OC(C)(C)C)cc4)c(=O)c3c2)c1. The molecule has 8 heteroatoms. The number of carbonyl (C=O) groups is 2. The number of rotatable bonds is 7. The lowest BCUT2D eigenvalue weighted by Crippen LogP contribution is -2.24. The van der Waals surface area contributed by atoms with Crippen LogP contribution in [0.3, 0.4) is 0 Å². The number of anilines is 1. The van der Waals surface area contributed by atoms with Crippen LogP contribution in [-0.4, -0.2) is 34.1 Å². The molecule has 8 nitrogen and oxygen atoms in total. The highest BCUT2D eigenvalue weighted by Crippen LogP contribution is 2.18. The van der Waals surface area contributed by atoms with Crippen LogP contribution in [0, 0.1) is 0 Å². The van der Waals surface area contributed by atoms with Gasteiger partial charge < -0.3 is 14.8 Å². The average Bonchev–Trinajstić information content (AvgIpc) is 2.85. The number of carbonyl (C=O) groups excluding carboxylic acids is 2. The number of methoxy groups -OCH3 is 1. The maximum Gasteiger partial charge on any atom is 0.338 e. The van der Waals surface area contributed by atoms with E-state index in [0.29, 0.717) is 27.9 Å². The minimum absolute atomic E-state index is 0.172. The highest BCUT2D eigenvalue weighted by molar-refractivity contribution is 5.94. The van der Waals surface area contributed by atoms with Crippen LogP contribution in [0.25, 0.3) is 10.9 Å². The molecule has 0 radical (unpaired) electrons. The fourth-order valence-corrected chi connectivity index (χ4v) is 3.80. The third-order valence-corrected chi connectivity index (χ3v) is 5.55. The molecule has 1 aromatic heterocycles. The Morgan fingerprint density at radius 1 is 0.973 bits per heavy atom. The van der Waals surface area contributed by atoms with Crippen molar-refractivity contribution < 1.29 is 19.1 Å². The second-order valence-electron chi connectivity index (χ2n) is 9.68. The number of nitrogens with one attached hydrogen (secondary N) is 1. The molecule has 3 aromatic carbocycles. The van der Waals surface area contributed by atoms with Crippen molar-refractivity contribution in [2.24, 2.45) is 0 Å². The maximum absolute atomic E-state index is 13.2. The fraction of sp³-hybridized carbons (Fsp3) is 0.241. The Labute approximate surface area is 214 Å². The molecule has 37 heavy (non-hydrogen) atoms. The third-order valence-electron chi connectivity index (χ3n) is 5.55. The van der Waals surface area contributed by atoms with E-state index < -0.39 is 11.6 Å². The van der Waals surface area contributed by atoms with E-state index in [2.05, 4.69) is 10.3 Å². The number of fused-ring (bicyclic) bond motifs is 1. The van der Waals surface area contributed by atoms with Crippen LogP contribution in [0.1, 0.15) is 42.3 Å². The van der Waals surface area contributed by atoms with E-state index in [0.717, 1.165) is 11.1 Å². The van der Waals surface area contributed by atoms with Gasteiger partial charge in [0.2, 0.25) is 5.91 Å². The quantitative estimate of drug-likeness (QED) is 0.374. The molecule has 0 aliphatic heterocycles. The average molecular weight is 500 g/mol. The fourth-order valence-electron chi connectivity index (χ4n) is 3.80. The molecule has 0 unspecified atom stereocenters. The zero-order chi connectivity index (χ0) is 26.6. The van der Waals surface area contributed by atoms with Crippen molar-refractivity contribution in [1.29, 1.82) is 0 Å². The molecular weight excluding hydrogens is 470 g/mol. The Morgan fingerprint density at radius 2 is 1.73 bits per heavy atom. The standard InChI is InChI=1S/C29H29N3O5/c1-29(2,3)37-28(35)21-10-8-19(9-11-21)17-32-18-30-25-13-12-22(16-24(25)27(32)34)31-26(33)15-20-6-5-7-23(14-20)36-4/h5-14,16,18H,15,17H2,1-4H3,(H,31,33). The van der Waals surface area contributed by atoms with Crippen molar-refractivity contribution >= 4 is 28.5 Å². The van der Waals surface area contributed by atoms with Gasteiger partial charge in [0.25, 0.3) is 5.56 Å². The number of aromatic nitrogens is 2. The number of ether oxygens (including phenoxy) is 2. The van der Waals surface area contributed by atoms with Crippen LogP contribution in [-0.2, 0) is 22.5 Å². The van der Waals surface area contributed by atoms with Gasteiger partial charge in [0, 0.05) is 5.69 Å². The van der Waals surface area contributed by atoms with Crippen molar-refractivity contribution in [3.05, 3.63) is 100 Å². The monoisotopic (exact) mass is 499 g/mol. The summed E-state index contributed by atoms with van der Waals surface area (Å²) < 4.78 is 12.1. The van der Waals surface area contributed by atoms with E-state index >= 15 is 0 Å². The Hall–Kier alpha value is -4.46. The van der Waals surface area contributed by atoms with Crippen molar-refractivity contribution in [3.63, 3.8) is 0 Å². The summed E-state index contributed by atoms with van der Waals surface area (Å²) in [5.41, 5.74) is 2.33. The van der Waals surface area contributed by atoms with Crippen LogP contribution in [0.15, 0.2) is 77.9 Å². The van der Waals surface area contributed by atoms with E-state index in [-0.39, 0.29) is 24.4 Å². The third kappa shape index (κ3) is 6.61. The lowest BCUT2D eigenvalue weighted by atomic mass is 10.1. The lowest BCUT2D eigenvalue weighted by molar-refractivity contribution is -0.115. The molecular formula is C29H29N3O5. The van der Waals surface area contributed by atoms with E-state index in [1.807, 2.05) is 45.0 Å². The van der Waals surface area contributed by atoms with Gasteiger partial charge in [-0.3, -0.25) is 14.2 Å². The molecule has 1 N–H and O–H groups in total. The minimum Gasteiger partial charge on any atom is -0.497 e. The number of amides is 1. The van der Waals surface area contributed by atoms with Crippen molar-refractivity contribution in [2.75, 3.05) is 12.4 Å². The van der Waals surface area contributed by atoms with E-state index in [1.54, 1.807) is 49.6 Å². The van der Waals surface area contributed by atoms with Crippen molar-refractivity contribution in [1.82, 2.24) is 9.55 Å². The highest BCUT2D eigenvalue weighted by atomic mass is 16.6. The van der Waals surface area contributed by atoms with Gasteiger partial charge >= 0.3 is 5.97 Å². The summed E-state index contributed by atoms with van der Waals surface area (Å²) in [6.45, 7) is 5.73. The first-order chi connectivity index (χ1) is 17.6. The molecule has 190 valence electrons. The Kier molecular flexibility index (Phi) is 7.38. The molecule has 0 saturated carbocycles. The summed E-state index contributed by atoms with van der Waals surface area (Å²) in [4.78, 5) is 42.4. The molecule has 0 fully saturated rings. The molecule has 4 rings (SSSR count). The van der Waals surface area contributed by atoms with Gasteiger partial charge in [0.05, 0.1) is 42.9 Å². The Bertz CT molecular complexity index is 1500. The van der Waals surface area contributed by atoms with Crippen LogP contribution in [0.2, 0.25) is 0 Å². The van der Waals surface area contributed by atoms with Crippen LogP contribution >= 0.6 is 0 Å². The topological polar surface area (TPSA) is 99.5 Å². The summed E-state index contributed by atoms with van der Waals surface area (Å²) in [6, 6.07) is 19.3. The number of hydrogen-bond acceptors (Lipinski definition) is 6. The van der Waals surface area contributed by atoms with Gasteiger partial charge in [-0.15, -0.1) is 0 Å². The summed E-state index contributed by atoms with van der Waals surface area (Å²) in [7, 11) is 1.58. The largest absolute Gasteiger partial charge is 0.497 e. The van der Waals surface area contributed by atoms with Crippen LogP contribution < -0.4 is 15.6 Å². The molecule has 0 bridgehead atoms. The van der Waals surface area contributed by atoms with Gasteiger partial charge in [-0.2, -0.15) is 0 Å². The number of hydrogen-bond donors (Lipinski definition) is 1. The summed E-state index contributed by atoms with van der Waals surface area (Å²) in [5, 5.41) is 3.25. The van der Waals surface area contributed by atoms with Crippen LogP contribution in [0.4, 0.5) is 5.69 Å². The minimum atomic E-state index is -0.576. The van der Waals surface area contributed by atoms with Gasteiger partial charge in [-0.1, -0.05) is 24.3 Å². The van der Waals surface area contributed by atoms with E-state index in [1.165, 1.54) is 10.9 Å². The Morgan fingerprint density at radius 3 is 2.43 bits per heavy atom. The molecule has 4 aromatic rings. The Balaban J connectivity index is 1.49. The highest BCUT2D eigenvalue weighted by Gasteiger charge is 2.17. The number of nitrogens with zero attached hydrogens (tertiary/aromatic N) is 2. The van der Waals surface area contributed by atoms with Crippen molar-refractivity contribution in [2.45, 2.75) is 39.3 Å². The second-order valence-corrected chi connectivity index (χ2v) is 9.68. The summed E-state index contributed by atoms with van der Waals surface area (Å²) >= 11 is 0.